The normalized spacial score (nSPS) is 11.6. The van der Waals surface area contributed by atoms with Crippen LogP contribution in [0.25, 0.3) is 10.9 Å². The molecule has 0 fully saturated rings. The van der Waals surface area contributed by atoms with Gasteiger partial charge in [-0.05, 0) is 23.8 Å². The van der Waals surface area contributed by atoms with E-state index in [-0.39, 0.29) is 9.80 Å². The Morgan fingerprint density at radius 1 is 1.00 bits per heavy atom. The molecule has 1 heterocycles. The zero-order valence-electron chi connectivity index (χ0n) is 11.4. The molecule has 106 valence electrons. The average molecular weight is 297 g/mol. The van der Waals surface area contributed by atoms with Gasteiger partial charge in [0.25, 0.3) is 0 Å². The van der Waals surface area contributed by atoms with Crippen LogP contribution >= 0.6 is 0 Å². The SMILES string of the molecule is C=C(Cc1c[nH]c2ccccc12)S(=O)(=O)c1ccccc1. The Bertz CT molecular complexity index is 893. The predicted molar refractivity (Wildman–Crippen MR) is 84.8 cm³/mol. The summed E-state index contributed by atoms with van der Waals surface area (Å²) in [5.41, 5.74) is 1.94. The first-order valence-electron chi connectivity index (χ1n) is 6.62. The predicted octanol–water partition coefficient (Wildman–Crippen LogP) is 3.70. The van der Waals surface area contributed by atoms with Gasteiger partial charge in [0.15, 0.2) is 0 Å². The first kappa shape index (κ1) is 13.6. The summed E-state index contributed by atoms with van der Waals surface area (Å²) in [7, 11) is -3.49. The highest BCUT2D eigenvalue weighted by atomic mass is 32.2. The lowest BCUT2D eigenvalue weighted by molar-refractivity contribution is 0.601. The molecule has 2 aromatic carbocycles. The third-order valence-electron chi connectivity index (χ3n) is 3.50. The molecule has 3 nitrogen and oxygen atoms in total. The van der Waals surface area contributed by atoms with Crippen LogP contribution in [0.2, 0.25) is 0 Å². The third kappa shape index (κ3) is 2.50. The topological polar surface area (TPSA) is 49.9 Å². The Morgan fingerprint density at radius 2 is 1.67 bits per heavy atom. The van der Waals surface area contributed by atoms with Crippen LogP contribution in [0.3, 0.4) is 0 Å². The smallest absolute Gasteiger partial charge is 0.202 e. The van der Waals surface area contributed by atoms with Crippen molar-refractivity contribution in [1.29, 1.82) is 0 Å². The molecule has 21 heavy (non-hydrogen) atoms. The highest BCUT2D eigenvalue weighted by Gasteiger charge is 2.19. The van der Waals surface area contributed by atoms with Crippen LogP contribution in [-0.2, 0) is 16.3 Å². The molecule has 3 aromatic rings. The summed E-state index contributed by atoms with van der Waals surface area (Å²) in [5, 5.41) is 1.03. The van der Waals surface area contributed by atoms with E-state index >= 15 is 0 Å². The standard InChI is InChI=1S/C17H15NO2S/c1-13(21(19,20)15-7-3-2-4-8-15)11-14-12-18-17-10-6-5-9-16(14)17/h2-10,12,18H,1,11H2. The Labute approximate surface area is 123 Å². The largest absolute Gasteiger partial charge is 0.361 e. The molecule has 0 unspecified atom stereocenters. The van der Waals surface area contributed by atoms with E-state index in [0.29, 0.717) is 6.42 Å². The molecule has 0 spiro atoms. The van der Waals surface area contributed by atoms with Gasteiger partial charge in [0, 0.05) is 28.4 Å². The quantitative estimate of drug-likeness (QED) is 0.798. The lowest BCUT2D eigenvalue weighted by Gasteiger charge is -2.07. The number of hydrogen-bond acceptors (Lipinski definition) is 2. The first-order valence-corrected chi connectivity index (χ1v) is 8.10. The van der Waals surface area contributed by atoms with Crippen molar-refractivity contribution in [3.05, 3.63) is 77.8 Å². The summed E-state index contributed by atoms with van der Waals surface area (Å²) in [6.45, 7) is 3.78. The van der Waals surface area contributed by atoms with Crippen LogP contribution in [0.15, 0.2) is 77.2 Å². The number of benzene rings is 2. The minimum Gasteiger partial charge on any atom is -0.361 e. The summed E-state index contributed by atoms with van der Waals surface area (Å²) in [4.78, 5) is 3.64. The first-order chi connectivity index (χ1) is 10.1. The number of H-pyrrole nitrogens is 1. The Morgan fingerprint density at radius 3 is 2.43 bits per heavy atom. The monoisotopic (exact) mass is 297 g/mol. The molecule has 0 bridgehead atoms. The molecule has 0 aliphatic heterocycles. The molecule has 0 aliphatic carbocycles. The molecule has 1 aromatic heterocycles. The number of hydrogen-bond donors (Lipinski definition) is 1. The van der Waals surface area contributed by atoms with E-state index in [1.54, 1.807) is 30.3 Å². The Kier molecular flexibility index (Phi) is 3.39. The maximum atomic E-state index is 12.5. The Hall–Kier alpha value is -2.33. The second kappa shape index (κ2) is 5.22. The number of allylic oxidation sites excluding steroid dienone is 1. The van der Waals surface area contributed by atoms with E-state index in [1.807, 2.05) is 30.5 Å². The van der Waals surface area contributed by atoms with Gasteiger partial charge in [-0.25, -0.2) is 8.42 Å². The molecular formula is C17H15NO2S. The van der Waals surface area contributed by atoms with Gasteiger partial charge in [-0.2, -0.15) is 0 Å². The van der Waals surface area contributed by atoms with E-state index in [1.165, 1.54) is 0 Å². The second-order valence-electron chi connectivity index (χ2n) is 4.89. The molecule has 0 saturated carbocycles. The number of nitrogens with one attached hydrogen (secondary N) is 1. The zero-order valence-corrected chi connectivity index (χ0v) is 12.2. The molecule has 0 radical (unpaired) electrons. The summed E-state index contributed by atoms with van der Waals surface area (Å²) >= 11 is 0. The summed E-state index contributed by atoms with van der Waals surface area (Å²) in [6, 6.07) is 16.2. The fourth-order valence-corrected chi connectivity index (χ4v) is 3.55. The van der Waals surface area contributed by atoms with Gasteiger partial charge in [-0.15, -0.1) is 0 Å². The van der Waals surface area contributed by atoms with E-state index in [2.05, 4.69) is 11.6 Å². The maximum Gasteiger partial charge on any atom is 0.202 e. The summed E-state index contributed by atoms with van der Waals surface area (Å²) < 4.78 is 25.0. The molecule has 0 aliphatic rings. The van der Waals surface area contributed by atoms with Crippen molar-refractivity contribution in [2.45, 2.75) is 11.3 Å². The van der Waals surface area contributed by atoms with Gasteiger partial charge in [0.1, 0.15) is 0 Å². The number of rotatable bonds is 4. The van der Waals surface area contributed by atoms with Crippen molar-refractivity contribution < 1.29 is 8.42 Å². The van der Waals surface area contributed by atoms with Gasteiger partial charge < -0.3 is 4.98 Å². The van der Waals surface area contributed by atoms with Crippen LogP contribution in [0.1, 0.15) is 5.56 Å². The molecule has 4 heteroatoms. The number of sulfone groups is 1. The third-order valence-corrected chi connectivity index (χ3v) is 5.29. The van der Waals surface area contributed by atoms with E-state index in [0.717, 1.165) is 16.5 Å². The molecule has 0 saturated heterocycles. The van der Waals surface area contributed by atoms with Crippen molar-refractivity contribution in [2.75, 3.05) is 0 Å². The summed E-state index contributed by atoms with van der Waals surface area (Å²) in [6.07, 6.45) is 2.15. The van der Waals surface area contributed by atoms with Crippen LogP contribution in [0.5, 0.6) is 0 Å². The van der Waals surface area contributed by atoms with Gasteiger partial charge in [-0.3, -0.25) is 0 Å². The molecule has 3 rings (SSSR count). The molecule has 0 amide bonds. The van der Waals surface area contributed by atoms with Crippen LogP contribution < -0.4 is 0 Å². The van der Waals surface area contributed by atoms with E-state index in [4.69, 9.17) is 0 Å². The van der Waals surface area contributed by atoms with Gasteiger partial charge >= 0.3 is 0 Å². The molecule has 1 N–H and O–H groups in total. The minimum atomic E-state index is -3.49. The van der Waals surface area contributed by atoms with Crippen LogP contribution in [0, 0.1) is 0 Å². The second-order valence-corrected chi connectivity index (χ2v) is 6.95. The van der Waals surface area contributed by atoms with Crippen molar-refractivity contribution in [2.24, 2.45) is 0 Å². The van der Waals surface area contributed by atoms with Crippen molar-refractivity contribution in [3.63, 3.8) is 0 Å². The Balaban J connectivity index is 1.93. The highest BCUT2D eigenvalue weighted by molar-refractivity contribution is 7.95. The fourth-order valence-electron chi connectivity index (χ4n) is 2.35. The van der Waals surface area contributed by atoms with Crippen molar-refractivity contribution in [3.8, 4) is 0 Å². The fraction of sp³-hybridized carbons (Fsp3) is 0.0588. The summed E-state index contributed by atoms with van der Waals surface area (Å²) in [5.74, 6) is 0. The lowest BCUT2D eigenvalue weighted by Crippen LogP contribution is -2.06. The van der Waals surface area contributed by atoms with Crippen LogP contribution in [-0.4, -0.2) is 13.4 Å². The maximum absolute atomic E-state index is 12.5. The minimum absolute atomic E-state index is 0.207. The van der Waals surface area contributed by atoms with E-state index < -0.39 is 9.84 Å². The van der Waals surface area contributed by atoms with E-state index in [9.17, 15) is 8.42 Å². The molecule has 0 atom stereocenters. The molecular weight excluding hydrogens is 282 g/mol. The van der Waals surface area contributed by atoms with Gasteiger partial charge in [-0.1, -0.05) is 43.0 Å². The number of aromatic amines is 1. The highest BCUT2D eigenvalue weighted by Crippen LogP contribution is 2.25. The van der Waals surface area contributed by atoms with Crippen molar-refractivity contribution >= 4 is 20.7 Å². The van der Waals surface area contributed by atoms with Crippen molar-refractivity contribution in [1.82, 2.24) is 4.98 Å². The van der Waals surface area contributed by atoms with Crippen LogP contribution in [0.4, 0.5) is 0 Å². The number of fused-ring (bicyclic) bond motifs is 1. The zero-order chi connectivity index (χ0) is 14.9. The lowest BCUT2D eigenvalue weighted by atomic mass is 10.1. The van der Waals surface area contributed by atoms with Gasteiger partial charge in [0.2, 0.25) is 9.84 Å². The van der Waals surface area contributed by atoms with Gasteiger partial charge in [0.05, 0.1) is 4.90 Å². The number of aromatic nitrogens is 1. The average Bonchev–Trinajstić information content (AvgIpc) is 2.91. The number of para-hydroxylation sites is 1.